The van der Waals surface area contributed by atoms with Crippen LogP contribution in [-0.4, -0.2) is 37.0 Å². The maximum Gasteiger partial charge on any atom is 0.419 e. The topological polar surface area (TPSA) is 41.6 Å². The molecule has 0 spiro atoms. The number of ether oxygens (including phenoxy) is 1. The van der Waals surface area contributed by atoms with Gasteiger partial charge in [0.05, 0.1) is 5.56 Å². The molecule has 1 N–H and O–H groups in total. The molecular formula is C20H23F3N2O2S. The Morgan fingerprint density at radius 2 is 1.93 bits per heavy atom. The summed E-state index contributed by atoms with van der Waals surface area (Å²) in [7, 11) is 0. The molecule has 1 fully saturated rings. The summed E-state index contributed by atoms with van der Waals surface area (Å²) in [5.74, 6) is -0.351. The number of rotatable bonds is 7. The van der Waals surface area contributed by atoms with Gasteiger partial charge in [-0.15, -0.1) is 11.3 Å². The van der Waals surface area contributed by atoms with Gasteiger partial charge in [-0.05, 0) is 55.4 Å². The molecule has 0 aliphatic carbocycles. The van der Waals surface area contributed by atoms with Gasteiger partial charge in [-0.3, -0.25) is 9.69 Å². The number of likely N-dealkylation sites (tertiary alicyclic amines) is 1. The van der Waals surface area contributed by atoms with Crippen LogP contribution < -0.4 is 10.1 Å². The van der Waals surface area contributed by atoms with Crippen LogP contribution >= 0.6 is 11.3 Å². The molecule has 4 nitrogen and oxygen atoms in total. The van der Waals surface area contributed by atoms with Crippen LogP contribution in [0.4, 0.5) is 13.2 Å². The predicted octanol–water partition coefficient (Wildman–Crippen LogP) is 4.17. The van der Waals surface area contributed by atoms with Crippen molar-refractivity contribution in [3.8, 4) is 5.75 Å². The Morgan fingerprint density at radius 3 is 2.61 bits per heavy atom. The smallest absolute Gasteiger partial charge is 0.419 e. The molecule has 2 aromatic rings. The third-order valence-corrected chi connectivity index (χ3v) is 5.67. The summed E-state index contributed by atoms with van der Waals surface area (Å²) in [6.45, 7) is 3.02. The number of hydrogen-bond acceptors (Lipinski definition) is 4. The molecule has 0 atom stereocenters. The number of thiophene rings is 1. The Labute approximate surface area is 166 Å². The van der Waals surface area contributed by atoms with E-state index in [4.69, 9.17) is 4.74 Å². The van der Waals surface area contributed by atoms with E-state index in [9.17, 15) is 18.0 Å². The van der Waals surface area contributed by atoms with Gasteiger partial charge >= 0.3 is 6.18 Å². The number of piperidine rings is 1. The van der Waals surface area contributed by atoms with E-state index in [1.807, 2.05) is 0 Å². The summed E-state index contributed by atoms with van der Waals surface area (Å²) in [5.41, 5.74) is -0.874. The number of nitrogens with one attached hydrogen (secondary N) is 1. The Morgan fingerprint density at radius 1 is 1.18 bits per heavy atom. The number of carbonyl (C=O) groups excluding carboxylic acids is 1. The van der Waals surface area contributed by atoms with E-state index < -0.39 is 24.3 Å². The minimum absolute atomic E-state index is 0.327. The first kappa shape index (κ1) is 20.7. The number of carbonyl (C=O) groups is 1. The van der Waals surface area contributed by atoms with Gasteiger partial charge in [0.15, 0.2) is 6.61 Å². The number of nitrogens with zero attached hydrogens (tertiary/aromatic N) is 1. The standard InChI is InChI=1S/C20H23F3N2O2S/c21-20(22,23)17-5-1-2-6-18(17)27-14-19(26)24-12-15-7-9-25(10-8-15)13-16-4-3-11-28-16/h1-6,11,15H,7-10,12-14H2,(H,24,26). The average Bonchev–Trinajstić information content (AvgIpc) is 3.18. The van der Waals surface area contributed by atoms with Crippen molar-refractivity contribution in [2.24, 2.45) is 5.92 Å². The fraction of sp³-hybridized carbons (Fsp3) is 0.450. The van der Waals surface area contributed by atoms with Gasteiger partial charge in [0.1, 0.15) is 5.75 Å². The number of para-hydroxylation sites is 1. The lowest BCUT2D eigenvalue weighted by atomic mass is 9.97. The number of alkyl halides is 3. The summed E-state index contributed by atoms with van der Waals surface area (Å²) < 4.78 is 43.9. The van der Waals surface area contributed by atoms with Crippen LogP contribution in [0, 0.1) is 5.92 Å². The second-order valence-electron chi connectivity index (χ2n) is 6.89. The second-order valence-corrected chi connectivity index (χ2v) is 7.92. The lowest BCUT2D eigenvalue weighted by Crippen LogP contribution is -2.39. The first-order chi connectivity index (χ1) is 13.4. The molecule has 1 amide bonds. The largest absolute Gasteiger partial charge is 0.483 e. The molecular weight excluding hydrogens is 389 g/mol. The van der Waals surface area contributed by atoms with Gasteiger partial charge in [-0.2, -0.15) is 13.2 Å². The average molecular weight is 412 g/mol. The van der Waals surface area contributed by atoms with Crippen LogP contribution in [0.2, 0.25) is 0 Å². The summed E-state index contributed by atoms with van der Waals surface area (Å²) in [5, 5.41) is 4.86. The molecule has 0 radical (unpaired) electrons. The van der Waals surface area contributed by atoms with Crippen LogP contribution in [0.25, 0.3) is 0 Å². The normalized spacial score (nSPS) is 16.1. The number of amides is 1. The van der Waals surface area contributed by atoms with Crippen molar-refractivity contribution in [1.82, 2.24) is 10.2 Å². The van der Waals surface area contributed by atoms with Crippen molar-refractivity contribution in [3.63, 3.8) is 0 Å². The van der Waals surface area contributed by atoms with Gasteiger partial charge < -0.3 is 10.1 Å². The van der Waals surface area contributed by atoms with E-state index in [-0.39, 0.29) is 5.75 Å². The first-order valence-corrected chi connectivity index (χ1v) is 10.1. The van der Waals surface area contributed by atoms with Gasteiger partial charge in [-0.1, -0.05) is 18.2 Å². The summed E-state index contributed by atoms with van der Waals surface area (Å²) in [4.78, 5) is 15.7. The van der Waals surface area contributed by atoms with Crippen molar-refractivity contribution in [2.75, 3.05) is 26.2 Å². The van der Waals surface area contributed by atoms with Crippen molar-refractivity contribution in [1.29, 1.82) is 0 Å². The predicted molar refractivity (Wildman–Crippen MR) is 102 cm³/mol. The zero-order valence-electron chi connectivity index (χ0n) is 15.4. The molecule has 1 aromatic heterocycles. The molecule has 1 aliphatic rings. The quantitative estimate of drug-likeness (QED) is 0.742. The molecule has 8 heteroatoms. The first-order valence-electron chi connectivity index (χ1n) is 9.22. The van der Waals surface area contributed by atoms with E-state index >= 15 is 0 Å². The van der Waals surface area contributed by atoms with E-state index in [2.05, 4.69) is 27.7 Å². The van der Waals surface area contributed by atoms with Crippen molar-refractivity contribution >= 4 is 17.2 Å². The van der Waals surface area contributed by atoms with Crippen LogP contribution in [0.15, 0.2) is 41.8 Å². The van der Waals surface area contributed by atoms with Gasteiger partial charge in [-0.25, -0.2) is 0 Å². The molecule has 0 bridgehead atoms. The zero-order valence-corrected chi connectivity index (χ0v) is 16.2. The second kappa shape index (κ2) is 9.43. The fourth-order valence-electron chi connectivity index (χ4n) is 3.25. The lowest BCUT2D eigenvalue weighted by Gasteiger charge is -2.31. The van der Waals surface area contributed by atoms with Crippen molar-refractivity contribution in [3.05, 3.63) is 52.2 Å². The zero-order chi connectivity index (χ0) is 20.0. The highest BCUT2D eigenvalue weighted by Gasteiger charge is 2.34. The molecule has 1 saturated heterocycles. The van der Waals surface area contributed by atoms with E-state index in [0.29, 0.717) is 12.5 Å². The molecule has 1 aromatic carbocycles. The lowest BCUT2D eigenvalue weighted by molar-refractivity contribution is -0.139. The summed E-state index contributed by atoms with van der Waals surface area (Å²) >= 11 is 1.75. The van der Waals surface area contributed by atoms with E-state index in [0.717, 1.165) is 38.5 Å². The number of hydrogen-bond donors (Lipinski definition) is 1. The molecule has 1 aliphatic heterocycles. The fourth-order valence-corrected chi connectivity index (χ4v) is 4.00. The molecule has 152 valence electrons. The molecule has 0 unspecified atom stereocenters. The maximum atomic E-state index is 12.9. The van der Waals surface area contributed by atoms with E-state index in [1.165, 1.54) is 23.1 Å². The minimum Gasteiger partial charge on any atom is -0.483 e. The van der Waals surface area contributed by atoms with Gasteiger partial charge in [0.2, 0.25) is 0 Å². The Balaban J connectivity index is 1.38. The van der Waals surface area contributed by atoms with Crippen LogP contribution in [-0.2, 0) is 17.5 Å². The van der Waals surface area contributed by atoms with Crippen LogP contribution in [0.3, 0.4) is 0 Å². The highest BCUT2D eigenvalue weighted by molar-refractivity contribution is 7.09. The van der Waals surface area contributed by atoms with Crippen LogP contribution in [0.1, 0.15) is 23.3 Å². The monoisotopic (exact) mass is 412 g/mol. The van der Waals surface area contributed by atoms with Gasteiger partial charge in [0, 0.05) is 18.0 Å². The Bertz CT molecular complexity index is 757. The summed E-state index contributed by atoms with van der Waals surface area (Å²) in [6, 6.07) is 9.09. The minimum atomic E-state index is -4.51. The highest BCUT2D eigenvalue weighted by Crippen LogP contribution is 2.35. The van der Waals surface area contributed by atoms with E-state index in [1.54, 1.807) is 11.3 Å². The highest BCUT2D eigenvalue weighted by atomic mass is 32.1. The maximum absolute atomic E-state index is 12.9. The van der Waals surface area contributed by atoms with Crippen LogP contribution in [0.5, 0.6) is 5.75 Å². The third-order valence-electron chi connectivity index (χ3n) is 4.81. The number of halogens is 3. The number of benzene rings is 1. The third kappa shape index (κ3) is 5.97. The molecule has 3 rings (SSSR count). The van der Waals surface area contributed by atoms with Gasteiger partial charge in [0.25, 0.3) is 5.91 Å². The summed E-state index contributed by atoms with van der Waals surface area (Å²) in [6.07, 6.45) is -2.53. The Hall–Kier alpha value is -2.06. The Kier molecular flexibility index (Phi) is 6.96. The molecule has 0 saturated carbocycles. The SMILES string of the molecule is O=C(COc1ccccc1C(F)(F)F)NCC1CCN(Cc2cccs2)CC1. The molecule has 2 heterocycles. The molecule has 28 heavy (non-hydrogen) atoms. The van der Waals surface area contributed by atoms with Crippen molar-refractivity contribution < 1.29 is 22.7 Å². The van der Waals surface area contributed by atoms with Crippen molar-refractivity contribution in [2.45, 2.75) is 25.6 Å².